The molecule has 0 aliphatic rings. The van der Waals surface area contributed by atoms with Crippen LogP contribution in [0.1, 0.15) is 24.5 Å². The minimum atomic E-state index is -4.13. The van der Waals surface area contributed by atoms with E-state index in [0.29, 0.717) is 32.2 Å². The van der Waals surface area contributed by atoms with E-state index in [1.54, 1.807) is 61.5 Å². The molecule has 7 nitrogen and oxygen atoms in total. The number of nitrogens with one attached hydrogen (secondary N) is 1. The van der Waals surface area contributed by atoms with E-state index in [1.165, 1.54) is 24.1 Å². The van der Waals surface area contributed by atoms with Crippen LogP contribution in [0.4, 0.5) is 5.69 Å². The van der Waals surface area contributed by atoms with Crippen LogP contribution in [0.15, 0.2) is 76.1 Å². The first-order chi connectivity index (χ1) is 18.0. The molecule has 38 heavy (non-hydrogen) atoms. The summed E-state index contributed by atoms with van der Waals surface area (Å²) in [5.74, 6) is -0.918. The Hall–Kier alpha value is -2.59. The molecule has 3 aromatic rings. The molecule has 0 aromatic heterocycles. The molecule has 3 aromatic carbocycles. The smallest absolute Gasteiger partial charge is 0.264 e. The summed E-state index contributed by atoms with van der Waals surface area (Å²) in [5.41, 5.74) is 1.85. The Kier molecular flexibility index (Phi) is 10.2. The average Bonchev–Trinajstić information content (AvgIpc) is 2.89. The summed E-state index contributed by atoms with van der Waals surface area (Å²) in [6.45, 7) is 3.14. The third-order valence-electron chi connectivity index (χ3n) is 5.95. The van der Waals surface area contributed by atoms with Gasteiger partial charge in [-0.2, -0.15) is 0 Å². The summed E-state index contributed by atoms with van der Waals surface area (Å²) >= 11 is 15.6. The van der Waals surface area contributed by atoms with Crippen molar-refractivity contribution in [3.05, 3.63) is 92.4 Å². The third-order valence-corrected chi connectivity index (χ3v) is 8.97. The molecule has 1 atom stereocenters. The van der Waals surface area contributed by atoms with Crippen LogP contribution in [-0.2, 0) is 26.2 Å². The normalized spacial score (nSPS) is 12.1. The third kappa shape index (κ3) is 7.08. The van der Waals surface area contributed by atoms with Gasteiger partial charge < -0.3 is 10.2 Å². The molecular weight excluding hydrogens is 613 g/mol. The molecule has 202 valence electrons. The Morgan fingerprint density at radius 3 is 2.26 bits per heavy atom. The Bertz CT molecular complexity index is 1420. The quantitative estimate of drug-likeness (QED) is 0.303. The zero-order valence-corrected chi connectivity index (χ0v) is 25.0. The zero-order chi connectivity index (χ0) is 28.0. The second-order valence-corrected chi connectivity index (χ2v) is 12.2. The van der Waals surface area contributed by atoms with Gasteiger partial charge in [0.1, 0.15) is 12.6 Å². The minimum absolute atomic E-state index is 0.0263. The van der Waals surface area contributed by atoms with E-state index in [2.05, 4.69) is 21.2 Å². The molecule has 0 heterocycles. The van der Waals surface area contributed by atoms with Crippen LogP contribution in [0.5, 0.6) is 0 Å². The van der Waals surface area contributed by atoms with Gasteiger partial charge in [0.05, 0.1) is 20.6 Å². The van der Waals surface area contributed by atoms with Crippen molar-refractivity contribution in [1.82, 2.24) is 10.2 Å². The minimum Gasteiger partial charge on any atom is -0.357 e. The molecule has 3 rings (SSSR count). The Labute approximate surface area is 241 Å². The van der Waals surface area contributed by atoms with Crippen molar-refractivity contribution in [2.45, 2.75) is 37.8 Å². The first-order valence-electron chi connectivity index (χ1n) is 11.8. The number of hydrogen-bond donors (Lipinski definition) is 1. The largest absolute Gasteiger partial charge is 0.357 e. The fraction of sp³-hybridized carbons (Fsp3) is 0.259. The fourth-order valence-electron chi connectivity index (χ4n) is 3.92. The maximum atomic E-state index is 13.9. The molecule has 0 aliphatic carbocycles. The molecule has 0 spiro atoms. The highest BCUT2D eigenvalue weighted by molar-refractivity contribution is 9.10. The molecule has 0 unspecified atom stereocenters. The number of carbonyl (C=O) groups excluding carboxylic acids is 2. The Morgan fingerprint density at radius 2 is 1.68 bits per heavy atom. The molecule has 2 amide bonds. The number of likely N-dealkylation sites (N-methyl/N-ethyl adjacent to an activating group) is 1. The lowest BCUT2D eigenvalue weighted by atomic mass is 10.1. The first kappa shape index (κ1) is 30.0. The number of carbonyl (C=O) groups is 2. The number of aryl methyl sites for hydroxylation is 1. The van der Waals surface area contributed by atoms with Crippen LogP contribution >= 0.6 is 39.1 Å². The average molecular weight is 641 g/mol. The number of anilines is 1. The van der Waals surface area contributed by atoms with E-state index in [4.69, 9.17) is 23.2 Å². The second-order valence-electron chi connectivity index (χ2n) is 8.61. The molecule has 0 saturated carbocycles. The lowest BCUT2D eigenvalue weighted by Crippen LogP contribution is -2.51. The predicted octanol–water partition coefficient (Wildman–Crippen LogP) is 5.81. The zero-order valence-electron chi connectivity index (χ0n) is 21.1. The number of nitrogens with zero attached hydrogens (tertiary/aromatic N) is 2. The van der Waals surface area contributed by atoms with E-state index >= 15 is 0 Å². The summed E-state index contributed by atoms with van der Waals surface area (Å²) in [6.07, 6.45) is 0.314. The van der Waals surface area contributed by atoms with Crippen molar-refractivity contribution in [3.63, 3.8) is 0 Å². The van der Waals surface area contributed by atoms with Crippen LogP contribution in [0, 0.1) is 6.92 Å². The van der Waals surface area contributed by atoms with Crippen LogP contribution in [0.3, 0.4) is 0 Å². The standard InChI is InChI=1S/C27H28BrCl2N3O4S/c1-4-25(27(35)31-3)32(16-19-10-13-23(29)24(30)14-19)26(34)17-33(21-7-5-6-20(28)15-21)38(36,37)22-11-8-18(2)9-12-22/h5-15,25H,4,16-17H2,1-3H3,(H,31,35)/t25-/m0/s1. The van der Waals surface area contributed by atoms with Crippen molar-refractivity contribution >= 4 is 66.7 Å². The molecule has 0 fully saturated rings. The highest BCUT2D eigenvalue weighted by Crippen LogP contribution is 2.28. The highest BCUT2D eigenvalue weighted by Gasteiger charge is 2.33. The van der Waals surface area contributed by atoms with Crippen LogP contribution < -0.4 is 9.62 Å². The maximum absolute atomic E-state index is 13.9. The van der Waals surface area contributed by atoms with Gasteiger partial charge >= 0.3 is 0 Å². The van der Waals surface area contributed by atoms with Gasteiger partial charge in [0.25, 0.3) is 10.0 Å². The molecule has 0 bridgehead atoms. The Morgan fingerprint density at radius 1 is 1.00 bits per heavy atom. The van der Waals surface area contributed by atoms with Crippen LogP contribution in [0.2, 0.25) is 10.0 Å². The summed E-state index contributed by atoms with van der Waals surface area (Å²) < 4.78 is 29.3. The molecule has 1 N–H and O–H groups in total. The van der Waals surface area contributed by atoms with Crippen molar-refractivity contribution in [1.29, 1.82) is 0 Å². The van der Waals surface area contributed by atoms with Gasteiger partial charge in [0, 0.05) is 18.1 Å². The number of amides is 2. The predicted molar refractivity (Wildman–Crippen MR) is 155 cm³/mol. The van der Waals surface area contributed by atoms with E-state index in [1.807, 2.05) is 6.92 Å². The number of halogens is 3. The van der Waals surface area contributed by atoms with Gasteiger partial charge in [0.2, 0.25) is 11.8 Å². The summed E-state index contributed by atoms with van der Waals surface area (Å²) in [7, 11) is -2.65. The highest BCUT2D eigenvalue weighted by atomic mass is 79.9. The van der Waals surface area contributed by atoms with Gasteiger partial charge in [-0.15, -0.1) is 0 Å². The second kappa shape index (κ2) is 13.0. The first-order valence-corrected chi connectivity index (χ1v) is 14.8. The van der Waals surface area contributed by atoms with Crippen LogP contribution in [-0.4, -0.2) is 44.8 Å². The van der Waals surface area contributed by atoms with Crippen molar-refractivity contribution in [2.75, 3.05) is 17.9 Å². The lowest BCUT2D eigenvalue weighted by molar-refractivity contribution is -0.140. The number of rotatable bonds is 10. The monoisotopic (exact) mass is 639 g/mol. The maximum Gasteiger partial charge on any atom is 0.264 e. The molecular formula is C27H28BrCl2N3O4S. The summed E-state index contributed by atoms with van der Waals surface area (Å²) in [4.78, 5) is 28.1. The molecule has 0 aliphatic heterocycles. The van der Waals surface area contributed by atoms with Crippen molar-refractivity contribution < 1.29 is 18.0 Å². The summed E-state index contributed by atoms with van der Waals surface area (Å²) in [5, 5.41) is 3.26. The van der Waals surface area contributed by atoms with Crippen LogP contribution in [0.25, 0.3) is 0 Å². The lowest BCUT2D eigenvalue weighted by Gasteiger charge is -2.33. The number of sulfonamides is 1. The van der Waals surface area contributed by atoms with Gasteiger partial charge in [-0.1, -0.05) is 75.9 Å². The van der Waals surface area contributed by atoms with E-state index in [0.717, 1.165) is 9.87 Å². The van der Waals surface area contributed by atoms with Gasteiger partial charge in [-0.25, -0.2) is 8.42 Å². The molecule has 0 radical (unpaired) electrons. The SMILES string of the molecule is CC[C@@H](C(=O)NC)N(Cc1ccc(Cl)c(Cl)c1)C(=O)CN(c1cccc(Br)c1)S(=O)(=O)c1ccc(C)cc1. The Balaban J connectivity index is 2.07. The van der Waals surface area contributed by atoms with Crippen molar-refractivity contribution in [3.8, 4) is 0 Å². The van der Waals surface area contributed by atoms with E-state index in [9.17, 15) is 18.0 Å². The molecule has 0 saturated heterocycles. The van der Waals surface area contributed by atoms with Gasteiger partial charge in [-0.05, 0) is 61.4 Å². The topological polar surface area (TPSA) is 86.8 Å². The van der Waals surface area contributed by atoms with Gasteiger partial charge in [0.15, 0.2) is 0 Å². The fourth-order valence-corrected chi connectivity index (χ4v) is 6.03. The van der Waals surface area contributed by atoms with Crippen molar-refractivity contribution in [2.24, 2.45) is 0 Å². The van der Waals surface area contributed by atoms with E-state index in [-0.39, 0.29) is 17.3 Å². The van der Waals surface area contributed by atoms with Gasteiger partial charge in [-0.3, -0.25) is 13.9 Å². The van der Waals surface area contributed by atoms with E-state index < -0.39 is 28.5 Å². The number of benzene rings is 3. The summed E-state index contributed by atoms with van der Waals surface area (Å²) in [6, 6.07) is 17.2. The molecule has 11 heteroatoms. The number of hydrogen-bond acceptors (Lipinski definition) is 4.